The average molecular weight is 880 g/mol. The van der Waals surface area contributed by atoms with Crippen molar-refractivity contribution in [3.05, 3.63) is 142 Å². The standard InChI is InChI=1S/C35H36NO.C13H12N.Ir/c1-21-16-23(3)33-31(17-21)28-8-7-9-29(34(28)37-33)32-19-30(24(4)20-36-32)27-11-10-26(18-22(27)2)25-12-14-35(5,6)15-13-25;1-10-3-6-12(7-4-10)13-8-5-11(2)9-14-13;/h7-8,10-11,16-20,25H,12-15H2,1-6H3;3-6,8-9H,1-2H3;/q2*-1;/i1D3,2D3,3D3,4D3,25D;1D3,2D3;. The Bertz CT molecular complexity index is 2990. The first-order valence-corrected chi connectivity index (χ1v) is 16.6. The molecule has 0 amide bonds. The van der Waals surface area contributed by atoms with Gasteiger partial charge in [0.1, 0.15) is 5.58 Å². The van der Waals surface area contributed by atoms with Crippen LogP contribution in [-0.4, -0.2) is 9.97 Å². The van der Waals surface area contributed by atoms with E-state index in [9.17, 15) is 1.37 Å². The van der Waals surface area contributed by atoms with Gasteiger partial charge in [-0.2, -0.15) is 0 Å². The molecule has 3 heterocycles. The number of pyridine rings is 2. The molecule has 4 aromatic carbocycles. The average Bonchev–Trinajstić information content (AvgIpc) is 3.64. The van der Waals surface area contributed by atoms with Crippen molar-refractivity contribution in [1.82, 2.24) is 9.97 Å². The molecule has 0 unspecified atom stereocenters. The topological polar surface area (TPSA) is 38.9 Å². The van der Waals surface area contributed by atoms with Crippen LogP contribution in [0, 0.1) is 58.7 Å². The van der Waals surface area contributed by atoms with E-state index in [2.05, 4.69) is 35.9 Å². The molecule has 0 aliphatic heterocycles. The van der Waals surface area contributed by atoms with E-state index in [4.69, 9.17) is 29.1 Å². The van der Waals surface area contributed by atoms with Gasteiger partial charge in [0.15, 0.2) is 0 Å². The molecule has 1 saturated carbocycles. The summed E-state index contributed by atoms with van der Waals surface area (Å²) in [4.78, 5) is 8.51. The molecule has 1 aliphatic rings. The zero-order chi connectivity index (χ0) is 51.8. The Morgan fingerprint density at radius 2 is 1.48 bits per heavy atom. The molecule has 0 atom stereocenters. The molecule has 0 bridgehead atoms. The van der Waals surface area contributed by atoms with Crippen LogP contribution in [0.1, 0.15) is 110 Å². The molecule has 0 N–H and O–H groups in total. The monoisotopic (exact) mass is 880 g/mol. The Labute approximate surface area is 350 Å². The maximum Gasteiger partial charge on any atom is 0.123 e. The minimum Gasteiger partial charge on any atom is -0.500 e. The van der Waals surface area contributed by atoms with E-state index in [-0.39, 0.29) is 97.8 Å². The molecule has 1 fully saturated rings. The van der Waals surface area contributed by atoms with Crippen LogP contribution in [0.25, 0.3) is 55.6 Å². The van der Waals surface area contributed by atoms with Gasteiger partial charge in [0, 0.05) is 63.9 Å². The third kappa shape index (κ3) is 7.85. The fourth-order valence-corrected chi connectivity index (χ4v) is 6.50. The summed E-state index contributed by atoms with van der Waals surface area (Å²) >= 11 is 0. The molecule has 0 saturated heterocycles. The summed E-state index contributed by atoms with van der Waals surface area (Å²) in [6.07, 6.45) is 5.22. The number of furan rings is 1. The molecular formula is C48H48IrN2O-2. The first kappa shape index (κ1) is 20.2. The Balaban J connectivity index is 0.000000329. The number of fused-ring (bicyclic) bond motifs is 3. The van der Waals surface area contributed by atoms with E-state index < -0.39 is 47.0 Å². The van der Waals surface area contributed by atoms with Crippen molar-refractivity contribution in [3.63, 3.8) is 0 Å². The molecule has 3 nitrogen and oxygen atoms in total. The first-order valence-electron chi connectivity index (χ1n) is 26.1. The number of hydrogen-bond acceptors (Lipinski definition) is 3. The van der Waals surface area contributed by atoms with Crippen LogP contribution in [0.3, 0.4) is 0 Å². The van der Waals surface area contributed by atoms with Crippen LogP contribution in [0.15, 0.2) is 95.7 Å². The number of nitrogens with zero attached hydrogens (tertiary/aromatic N) is 2. The van der Waals surface area contributed by atoms with Crippen LogP contribution >= 0.6 is 0 Å². The molecule has 4 heteroatoms. The SMILES string of the molecule is [2H]C([2H])([2H])c1c[c-]c(-c2ccc(C([2H])([2H])[2H])cn2)cc1.[2H]C([2H])([2H])c1cc(C([2H])([2H])[2H])c2oc3c(-c4cc(-c5ccc(C6([2H])CCC(C)(C)CC6)cc5C([2H])([2H])[2H])c(C([2H])([2H])[2H])cn4)[c-]ccc3c2c1.[Ir]. The molecule has 0 spiro atoms. The maximum absolute atomic E-state index is 9.26. The van der Waals surface area contributed by atoms with Gasteiger partial charge in [-0.3, -0.25) is 0 Å². The summed E-state index contributed by atoms with van der Waals surface area (Å²) in [6, 6.07) is 25.4. The minimum atomic E-state index is -2.70. The second-order valence-corrected chi connectivity index (χ2v) is 13.7. The second kappa shape index (κ2) is 15.3. The Hall–Kier alpha value is -4.37. The zero-order valence-electron chi connectivity index (χ0n) is 47.6. The number of aryl methyl sites for hydroxylation is 6. The normalized spacial score (nSPS) is 21.6. The number of aromatic nitrogens is 2. The minimum absolute atomic E-state index is 0. The predicted molar refractivity (Wildman–Crippen MR) is 213 cm³/mol. The van der Waals surface area contributed by atoms with Gasteiger partial charge in [-0.05, 0) is 128 Å². The summed E-state index contributed by atoms with van der Waals surface area (Å²) in [5.74, 6) is -0.983. The molecule has 52 heavy (non-hydrogen) atoms. The summed E-state index contributed by atoms with van der Waals surface area (Å²) in [7, 11) is 0. The Morgan fingerprint density at radius 1 is 0.692 bits per heavy atom. The Kier molecular flexibility index (Phi) is 5.94. The third-order valence-electron chi connectivity index (χ3n) is 9.47. The zero-order valence-corrected chi connectivity index (χ0v) is 31.0. The largest absolute Gasteiger partial charge is 0.500 e. The summed E-state index contributed by atoms with van der Waals surface area (Å²) in [5, 5.41) is 0.669. The fourth-order valence-electron chi connectivity index (χ4n) is 6.50. The predicted octanol–water partition coefficient (Wildman–Crippen LogP) is 13.2. The van der Waals surface area contributed by atoms with Gasteiger partial charge in [0.2, 0.25) is 0 Å². The van der Waals surface area contributed by atoms with Gasteiger partial charge in [0.05, 0.1) is 5.58 Å². The van der Waals surface area contributed by atoms with Crippen LogP contribution in [0.5, 0.6) is 0 Å². The molecule has 7 aromatic rings. The molecule has 3 aromatic heterocycles. The smallest absolute Gasteiger partial charge is 0.123 e. The van der Waals surface area contributed by atoms with Crippen LogP contribution in [0.4, 0.5) is 0 Å². The van der Waals surface area contributed by atoms with Crippen molar-refractivity contribution < 1.29 is 50.6 Å². The third-order valence-corrected chi connectivity index (χ3v) is 9.47. The van der Waals surface area contributed by atoms with Crippen LogP contribution in [0.2, 0.25) is 0 Å². The fraction of sp³-hybridized carbons (Fsp3) is 0.292. The molecular weight excluding hydrogens is 813 g/mol. The first-order chi connectivity index (χ1) is 32.1. The van der Waals surface area contributed by atoms with Gasteiger partial charge in [-0.1, -0.05) is 79.7 Å². The van der Waals surface area contributed by atoms with Crippen molar-refractivity contribution in [2.45, 2.75) is 86.5 Å². The van der Waals surface area contributed by atoms with E-state index in [1.165, 1.54) is 48.8 Å². The van der Waals surface area contributed by atoms with Gasteiger partial charge < -0.3 is 14.4 Å². The van der Waals surface area contributed by atoms with Gasteiger partial charge >= 0.3 is 0 Å². The van der Waals surface area contributed by atoms with Gasteiger partial charge in [-0.25, -0.2) is 0 Å². The second-order valence-electron chi connectivity index (χ2n) is 13.7. The van der Waals surface area contributed by atoms with E-state index in [1.807, 2.05) is 0 Å². The van der Waals surface area contributed by atoms with E-state index in [1.54, 1.807) is 36.4 Å². The van der Waals surface area contributed by atoms with E-state index in [0.717, 1.165) is 18.9 Å². The molecule has 267 valence electrons. The van der Waals surface area contributed by atoms with Crippen molar-refractivity contribution in [1.29, 1.82) is 0 Å². The quantitative estimate of drug-likeness (QED) is 0.165. The molecule has 1 aliphatic carbocycles. The Morgan fingerprint density at radius 3 is 2.19 bits per heavy atom. The van der Waals surface area contributed by atoms with E-state index >= 15 is 0 Å². The van der Waals surface area contributed by atoms with Crippen molar-refractivity contribution >= 4 is 21.9 Å². The molecule has 8 rings (SSSR count). The van der Waals surface area contributed by atoms with Gasteiger partial charge in [-0.15, -0.1) is 53.6 Å². The molecule has 1 radical (unpaired) electrons. The van der Waals surface area contributed by atoms with Crippen LogP contribution in [-0.2, 0) is 20.1 Å². The van der Waals surface area contributed by atoms with E-state index in [0.29, 0.717) is 35.0 Å². The summed E-state index contributed by atoms with van der Waals surface area (Å²) in [5.41, 5.74) is 2.31. The van der Waals surface area contributed by atoms with Gasteiger partial charge in [0.25, 0.3) is 0 Å². The van der Waals surface area contributed by atoms with Crippen molar-refractivity contribution in [2.24, 2.45) is 5.41 Å². The number of benzene rings is 4. The summed E-state index contributed by atoms with van der Waals surface area (Å²) in [6.45, 7) is -10.6. The van der Waals surface area contributed by atoms with Crippen LogP contribution < -0.4 is 0 Å². The number of hydrogen-bond donors (Lipinski definition) is 0. The maximum atomic E-state index is 9.26. The summed E-state index contributed by atoms with van der Waals surface area (Å²) < 4.78 is 157. The van der Waals surface area contributed by atoms with Crippen molar-refractivity contribution in [2.75, 3.05) is 0 Å². The number of rotatable bonds is 4. The van der Waals surface area contributed by atoms with Crippen molar-refractivity contribution in [3.8, 4) is 33.6 Å².